The molecule has 0 spiro atoms. The normalized spacial score (nSPS) is 14.3. The second kappa shape index (κ2) is 9.42. The number of nitrogens with zero attached hydrogens (tertiary/aromatic N) is 3. The van der Waals surface area contributed by atoms with Gasteiger partial charge in [-0.05, 0) is 48.7 Å². The highest BCUT2D eigenvalue weighted by molar-refractivity contribution is 6.04. The zero-order chi connectivity index (χ0) is 22.6. The molecular formula is C26H27N5O2. The van der Waals surface area contributed by atoms with E-state index in [4.69, 9.17) is 4.74 Å². The number of aryl methyl sites for hydroxylation is 1. The molecule has 0 saturated carbocycles. The third-order valence-electron chi connectivity index (χ3n) is 6.03. The van der Waals surface area contributed by atoms with Crippen LogP contribution in [-0.4, -0.2) is 39.8 Å². The molecule has 2 aromatic carbocycles. The highest BCUT2D eigenvalue weighted by Gasteiger charge is 2.21. The van der Waals surface area contributed by atoms with Gasteiger partial charge in [0.2, 0.25) is 5.88 Å². The number of nitrogens with one attached hydrogen (secondary N) is 2. The van der Waals surface area contributed by atoms with Gasteiger partial charge in [-0.1, -0.05) is 54.6 Å². The van der Waals surface area contributed by atoms with E-state index in [1.165, 1.54) is 0 Å². The third kappa shape index (κ3) is 4.59. The van der Waals surface area contributed by atoms with E-state index in [0.29, 0.717) is 23.8 Å². The molecule has 2 N–H and O–H groups in total. The van der Waals surface area contributed by atoms with Crippen molar-refractivity contribution in [1.29, 1.82) is 0 Å². The minimum Gasteiger partial charge on any atom is -0.473 e. The lowest BCUT2D eigenvalue weighted by molar-refractivity contribution is 0.0925. The van der Waals surface area contributed by atoms with Crippen LogP contribution in [0.25, 0.3) is 22.2 Å². The first kappa shape index (κ1) is 21.2. The number of rotatable bonds is 6. The molecule has 168 valence electrons. The quantitative estimate of drug-likeness (QED) is 0.477. The number of carbonyl (C=O) groups is 1. The number of piperidine rings is 1. The van der Waals surface area contributed by atoms with Crippen molar-refractivity contribution in [3.05, 3.63) is 78.0 Å². The summed E-state index contributed by atoms with van der Waals surface area (Å²) in [5.41, 5.74) is 4.39. The highest BCUT2D eigenvalue weighted by Crippen LogP contribution is 2.25. The molecule has 5 rings (SSSR count). The van der Waals surface area contributed by atoms with Crippen LogP contribution in [0.1, 0.15) is 28.9 Å². The van der Waals surface area contributed by atoms with Gasteiger partial charge in [-0.15, -0.1) is 0 Å². The van der Waals surface area contributed by atoms with Crippen molar-refractivity contribution in [2.75, 3.05) is 13.1 Å². The zero-order valence-corrected chi connectivity index (χ0v) is 18.6. The molecule has 2 aromatic heterocycles. The predicted octanol–water partition coefficient (Wildman–Crippen LogP) is 3.70. The molecule has 0 bridgehead atoms. The first-order chi connectivity index (χ1) is 16.2. The van der Waals surface area contributed by atoms with Gasteiger partial charge in [0.05, 0.1) is 5.39 Å². The van der Waals surface area contributed by atoms with Crippen LogP contribution in [0.4, 0.5) is 0 Å². The Morgan fingerprint density at radius 2 is 1.82 bits per heavy atom. The molecule has 4 aromatic rings. The third-order valence-corrected chi connectivity index (χ3v) is 6.03. The van der Waals surface area contributed by atoms with Crippen LogP contribution in [0.15, 0.2) is 66.7 Å². The van der Waals surface area contributed by atoms with E-state index in [9.17, 15) is 4.79 Å². The van der Waals surface area contributed by atoms with Gasteiger partial charge in [0.15, 0.2) is 11.3 Å². The number of carbonyl (C=O) groups excluding carboxylic acids is 1. The monoisotopic (exact) mass is 441 g/mol. The molecule has 1 aliphatic rings. The molecule has 7 heteroatoms. The molecule has 3 heterocycles. The zero-order valence-electron chi connectivity index (χ0n) is 18.6. The maximum Gasteiger partial charge on any atom is 0.272 e. The number of aromatic nitrogens is 3. The van der Waals surface area contributed by atoms with Gasteiger partial charge in [0, 0.05) is 19.2 Å². The van der Waals surface area contributed by atoms with E-state index in [-0.39, 0.29) is 11.9 Å². The molecule has 1 saturated heterocycles. The Morgan fingerprint density at radius 1 is 1.06 bits per heavy atom. The maximum atomic E-state index is 12.8. The van der Waals surface area contributed by atoms with E-state index in [2.05, 4.69) is 45.0 Å². The summed E-state index contributed by atoms with van der Waals surface area (Å²) < 4.78 is 7.69. The van der Waals surface area contributed by atoms with Crippen molar-refractivity contribution in [3.8, 4) is 17.0 Å². The number of pyridine rings is 1. The molecular weight excluding hydrogens is 414 g/mol. The Hall–Kier alpha value is -3.71. The van der Waals surface area contributed by atoms with Crippen molar-refractivity contribution in [1.82, 2.24) is 25.4 Å². The summed E-state index contributed by atoms with van der Waals surface area (Å²) in [5, 5.41) is 11.6. The summed E-state index contributed by atoms with van der Waals surface area (Å²) in [5.74, 6) is 0.346. The number of hydrogen-bond acceptors (Lipinski definition) is 5. The van der Waals surface area contributed by atoms with Crippen molar-refractivity contribution in [2.45, 2.75) is 25.5 Å². The van der Waals surface area contributed by atoms with Crippen LogP contribution in [-0.2, 0) is 13.7 Å². The summed E-state index contributed by atoms with van der Waals surface area (Å²) in [6, 6.07) is 22.3. The minimum atomic E-state index is -0.153. The van der Waals surface area contributed by atoms with Crippen LogP contribution in [0.3, 0.4) is 0 Å². The van der Waals surface area contributed by atoms with E-state index in [1.54, 1.807) is 17.8 Å². The molecule has 7 nitrogen and oxygen atoms in total. The number of ether oxygens (including phenoxy) is 1. The van der Waals surface area contributed by atoms with E-state index >= 15 is 0 Å². The topological polar surface area (TPSA) is 81.1 Å². The second-order valence-corrected chi connectivity index (χ2v) is 8.30. The van der Waals surface area contributed by atoms with Crippen LogP contribution < -0.4 is 15.4 Å². The smallest absolute Gasteiger partial charge is 0.272 e. The van der Waals surface area contributed by atoms with E-state index in [0.717, 1.165) is 48.0 Å². The number of hydrogen-bond donors (Lipinski definition) is 2. The molecule has 1 amide bonds. The van der Waals surface area contributed by atoms with E-state index in [1.807, 2.05) is 36.4 Å². The Bertz CT molecular complexity index is 1260. The van der Waals surface area contributed by atoms with Crippen molar-refractivity contribution < 1.29 is 9.53 Å². The maximum absolute atomic E-state index is 12.8. The molecule has 33 heavy (non-hydrogen) atoms. The fourth-order valence-corrected chi connectivity index (χ4v) is 4.28. The molecule has 0 atom stereocenters. The Labute approximate surface area is 192 Å². The Kier molecular flexibility index (Phi) is 6.04. The van der Waals surface area contributed by atoms with Crippen molar-refractivity contribution in [2.24, 2.45) is 7.05 Å². The van der Waals surface area contributed by atoms with Gasteiger partial charge in [-0.3, -0.25) is 4.79 Å². The fraction of sp³-hybridized carbons (Fsp3) is 0.269. The number of benzene rings is 2. The second-order valence-electron chi connectivity index (χ2n) is 8.30. The fourth-order valence-electron chi connectivity index (χ4n) is 4.28. The largest absolute Gasteiger partial charge is 0.473 e. The summed E-state index contributed by atoms with van der Waals surface area (Å²) in [4.78, 5) is 17.5. The van der Waals surface area contributed by atoms with Crippen LogP contribution in [0, 0.1) is 0 Å². The summed E-state index contributed by atoms with van der Waals surface area (Å²) >= 11 is 0. The van der Waals surface area contributed by atoms with Gasteiger partial charge < -0.3 is 15.4 Å². The number of amides is 1. The molecule has 1 aliphatic heterocycles. The average molecular weight is 442 g/mol. The van der Waals surface area contributed by atoms with Gasteiger partial charge in [-0.25, -0.2) is 4.68 Å². The Balaban J connectivity index is 1.34. The standard InChI is InChI=1S/C26H27N5O2/c1-31-25-22(24(30-31)26(32)28-20-13-15-27-16-14-20)11-12-23(29-25)33-17-19-9-5-6-10-21(19)18-7-3-2-4-8-18/h2-12,20,27H,13-17H2,1H3,(H,28,32). The first-order valence-corrected chi connectivity index (χ1v) is 11.3. The summed E-state index contributed by atoms with van der Waals surface area (Å²) in [6.45, 7) is 2.23. The lowest BCUT2D eigenvalue weighted by Gasteiger charge is -2.23. The minimum absolute atomic E-state index is 0.153. The van der Waals surface area contributed by atoms with Gasteiger partial charge in [0.1, 0.15) is 6.61 Å². The van der Waals surface area contributed by atoms with Crippen molar-refractivity contribution >= 4 is 16.9 Å². The number of fused-ring (bicyclic) bond motifs is 1. The van der Waals surface area contributed by atoms with Gasteiger partial charge in [0.25, 0.3) is 5.91 Å². The molecule has 0 radical (unpaired) electrons. The van der Waals surface area contributed by atoms with Crippen LogP contribution >= 0.6 is 0 Å². The average Bonchev–Trinajstić information content (AvgIpc) is 3.20. The lowest BCUT2D eigenvalue weighted by atomic mass is 10.0. The first-order valence-electron chi connectivity index (χ1n) is 11.3. The molecule has 0 aliphatic carbocycles. The lowest BCUT2D eigenvalue weighted by Crippen LogP contribution is -2.42. The van der Waals surface area contributed by atoms with Crippen molar-refractivity contribution in [3.63, 3.8) is 0 Å². The van der Waals surface area contributed by atoms with Crippen LogP contribution in [0.2, 0.25) is 0 Å². The molecule has 0 unspecified atom stereocenters. The molecule has 1 fully saturated rings. The summed E-state index contributed by atoms with van der Waals surface area (Å²) in [7, 11) is 1.80. The highest BCUT2D eigenvalue weighted by atomic mass is 16.5. The predicted molar refractivity (Wildman–Crippen MR) is 128 cm³/mol. The van der Waals surface area contributed by atoms with Gasteiger partial charge >= 0.3 is 0 Å². The SMILES string of the molecule is Cn1nc(C(=O)NC2CCNCC2)c2ccc(OCc3ccccc3-c3ccccc3)nc21. The Morgan fingerprint density at radius 3 is 2.64 bits per heavy atom. The van der Waals surface area contributed by atoms with Gasteiger partial charge in [-0.2, -0.15) is 10.1 Å². The summed E-state index contributed by atoms with van der Waals surface area (Å²) in [6.07, 6.45) is 1.86. The van der Waals surface area contributed by atoms with Crippen LogP contribution in [0.5, 0.6) is 5.88 Å². The van der Waals surface area contributed by atoms with E-state index < -0.39 is 0 Å².